The van der Waals surface area contributed by atoms with Crippen LogP contribution in [0.1, 0.15) is 18.4 Å². The minimum atomic E-state index is -0.719. The molecule has 1 aromatic rings. The number of carbonyl (C=O) groups is 1. The Hall–Kier alpha value is -1.53. The van der Waals surface area contributed by atoms with Crippen LogP contribution in [-0.4, -0.2) is 31.8 Å². The van der Waals surface area contributed by atoms with Crippen molar-refractivity contribution in [3.8, 4) is 11.5 Å². The van der Waals surface area contributed by atoms with Gasteiger partial charge in [0.25, 0.3) is 0 Å². The zero-order chi connectivity index (χ0) is 15.1. The molecule has 0 bridgehead atoms. The van der Waals surface area contributed by atoms with Crippen LogP contribution in [0.2, 0.25) is 5.02 Å². The molecule has 1 aromatic carbocycles. The molecule has 0 saturated carbocycles. The van der Waals surface area contributed by atoms with E-state index in [1.165, 1.54) is 20.3 Å². The molecule has 0 saturated heterocycles. The molecule has 0 atom stereocenters. The van der Waals surface area contributed by atoms with Crippen LogP contribution in [0.15, 0.2) is 6.07 Å². The van der Waals surface area contributed by atoms with Gasteiger partial charge in [0.15, 0.2) is 5.82 Å². The molecule has 0 aliphatic carbocycles. The van der Waals surface area contributed by atoms with Crippen LogP contribution in [-0.2, 0) is 16.1 Å². The molecule has 0 unspecified atom stereocenters. The second-order valence-corrected chi connectivity index (χ2v) is 4.44. The second-order valence-electron chi connectivity index (χ2n) is 4.06. The van der Waals surface area contributed by atoms with E-state index in [0.29, 0.717) is 19.4 Å². The Kier molecular flexibility index (Phi) is 6.54. The third-order valence-corrected chi connectivity index (χ3v) is 3.09. The van der Waals surface area contributed by atoms with E-state index in [1.807, 2.05) is 0 Å². The van der Waals surface area contributed by atoms with Gasteiger partial charge >= 0.3 is 5.97 Å². The number of benzene rings is 1. The SMILES string of the molecule is COC(=O)CCCNCc1c(OC)cc(O)c(Cl)c1F. The van der Waals surface area contributed by atoms with Gasteiger partial charge in [-0.15, -0.1) is 0 Å². The quantitative estimate of drug-likeness (QED) is 0.597. The molecule has 112 valence electrons. The van der Waals surface area contributed by atoms with E-state index in [-0.39, 0.29) is 34.6 Å². The van der Waals surface area contributed by atoms with E-state index >= 15 is 0 Å². The van der Waals surface area contributed by atoms with Crippen molar-refractivity contribution < 1.29 is 23.8 Å². The Morgan fingerprint density at radius 2 is 2.20 bits per heavy atom. The van der Waals surface area contributed by atoms with Crippen LogP contribution in [0.25, 0.3) is 0 Å². The third-order valence-electron chi connectivity index (χ3n) is 2.73. The van der Waals surface area contributed by atoms with Crippen molar-refractivity contribution in [1.82, 2.24) is 5.32 Å². The fraction of sp³-hybridized carbons (Fsp3) is 0.462. The average molecular weight is 306 g/mol. The molecule has 0 aliphatic heterocycles. The highest BCUT2D eigenvalue weighted by molar-refractivity contribution is 6.32. The molecule has 0 radical (unpaired) electrons. The number of rotatable bonds is 7. The molecule has 20 heavy (non-hydrogen) atoms. The lowest BCUT2D eigenvalue weighted by atomic mass is 10.1. The van der Waals surface area contributed by atoms with Gasteiger partial charge in [-0.3, -0.25) is 4.79 Å². The number of halogens is 2. The predicted molar refractivity (Wildman–Crippen MR) is 72.6 cm³/mol. The van der Waals surface area contributed by atoms with Gasteiger partial charge in [-0.2, -0.15) is 0 Å². The van der Waals surface area contributed by atoms with Crippen LogP contribution in [0, 0.1) is 5.82 Å². The summed E-state index contributed by atoms with van der Waals surface area (Å²) in [6, 6.07) is 1.26. The van der Waals surface area contributed by atoms with E-state index in [0.717, 1.165) is 0 Å². The summed E-state index contributed by atoms with van der Waals surface area (Å²) in [6.45, 7) is 0.687. The fourth-order valence-electron chi connectivity index (χ4n) is 1.65. The number of methoxy groups -OCH3 is 2. The first kappa shape index (κ1) is 16.5. The molecular weight excluding hydrogens is 289 g/mol. The molecular formula is C13H17ClFNO4. The summed E-state index contributed by atoms with van der Waals surface area (Å²) < 4.78 is 23.4. The van der Waals surface area contributed by atoms with E-state index < -0.39 is 5.82 Å². The first-order valence-corrected chi connectivity index (χ1v) is 6.40. The van der Waals surface area contributed by atoms with E-state index in [9.17, 15) is 14.3 Å². The fourth-order valence-corrected chi connectivity index (χ4v) is 1.82. The van der Waals surface area contributed by atoms with Crippen molar-refractivity contribution in [2.24, 2.45) is 0 Å². The normalized spacial score (nSPS) is 10.4. The third kappa shape index (κ3) is 4.25. The molecule has 0 aromatic heterocycles. The van der Waals surface area contributed by atoms with E-state index in [4.69, 9.17) is 16.3 Å². The molecule has 1 rings (SSSR count). The molecule has 2 N–H and O–H groups in total. The molecule has 0 heterocycles. The number of nitrogens with one attached hydrogen (secondary N) is 1. The van der Waals surface area contributed by atoms with E-state index in [1.54, 1.807) is 0 Å². The van der Waals surface area contributed by atoms with Gasteiger partial charge in [-0.25, -0.2) is 4.39 Å². The summed E-state index contributed by atoms with van der Waals surface area (Å²) in [6.07, 6.45) is 0.863. The lowest BCUT2D eigenvalue weighted by Crippen LogP contribution is -2.17. The van der Waals surface area contributed by atoms with Crippen molar-refractivity contribution in [3.63, 3.8) is 0 Å². The maximum atomic E-state index is 13.9. The summed E-state index contributed by atoms with van der Waals surface area (Å²) in [5.74, 6) is -1.16. The number of esters is 1. The van der Waals surface area contributed by atoms with E-state index in [2.05, 4.69) is 10.1 Å². The van der Waals surface area contributed by atoms with Crippen LogP contribution >= 0.6 is 11.6 Å². The highest BCUT2D eigenvalue weighted by Gasteiger charge is 2.17. The first-order chi connectivity index (χ1) is 9.51. The van der Waals surface area contributed by atoms with Gasteiger partial charge in [0, 0.05) is 24.6 Å². The lowest BCUT2D eigenvalue weighted by molar-refractivity contribution is -0.140. The minimum Gasteiger partial charge on any atom is -0.506 e. The van der Waals surface area contributed by atoms with Crippen molar-refractivity contribution in [1.29, 1.82) is 0 Å². The predicted octanol–water partition coefficient (Wildman–Crippen LogP) is 2.24. The minimum absolute atomic E-state index is 0.177. The summed E-state index contributed by atoms with van der Waals surface area (Å²) in [7, 11) is 2.71. The maximum Gasteiger partial charge on any atom is 0.305 e. The number of ether oxygens (including phenoxy) is 2. The molecule has 0 fully saturated rings. The average Bonchev–Trinajstić information content (AvgIpc) is 2.45. The second kappa shape index (κ2) is 7.91. The largest absolute Gasteiger partial charge is 0.506 e. The van der Waals surface area contributed by atoms with Crippen molar-refractivity contribution in [2.45, 2.75) is 19.4 Å². The van der Waals surface area contributed by atoms with Gasteiger partial charge in [0.1, 0.15) is 16.5 Å². The van der Waals surface area contributed by atoms with Crippen LogP contribution in [0.4, 0.5) is 4.39 Å². The Morgan fingerprint density at radius 3 is 2.80 bits per heavy atom. The number of phenolic OH excluding ortho intramolecular Hbond substituents is 1. The van der Waals surface area contributed by atoms with Crippen molar-refractivity contribution >= 4 is 17.6 Å². The zero-order valence-corrected chi connectivity index (χ0v) is 12.1. The summed E-state index contributed by atoms with van der Waals surface area (Å²) in [5, 5.41) is 12.0. The highest BCUT2D eigenvalue weighted by atomic mass is 35.5. The maximum absolute atomic E-state index is 13.9. The van der Waals surface area contributed by atoms with Gasteiger partial charge in [-0.05, 0) is 13.0 Å². The summed E-state index contributed by atoms with van der Waals surface area (Å²) >= 11 is 5.64. The number of hydrogen-bond acceptors (Lipinski definition) is 5. The highest BCUT2D eigenvalue weighted by Crippen LogP contribution is 2.35. The Morgan fingerprint density at radius 1 is 1.50 bits per heavy atom. The molecule has 0 aliphatic rings. The lowest BCUT2D eigenvalue weighted by Gasteiger charge is -2.12. The van der Waals surface area contributed by atoms with Gasteiger partial charge in [0.2, 0.25) is 0 Å². The smallest absolute Gasteiger partial charge is 0.305 e. The Bertz CT molecular complexity index is 482. The molecule has 5 nitrogen and oxygen atoms in total. The molecule has 7 heteroatoms. The van der Waals surface area contributed by atoms with Gasteiger partial charge in [0.05, 0.1) is 14.2 Å². The number of hydrogen-bond donors (Lipinski definition) is 2. The standard InChI is InChI=1S/C13H17ClFNO4/c1-19-10-6-9(17)12(14)13(15)8(10)7-16-5-3-4-11(18)20-2/h6,16-17H,3-5,7H2,1-2H3. The molecule has 0 amide bonds. The van der Waals surface area contributed by atoms with Crippen molar-refractivity contribution in [2.75, 3.05) is 20.8 Å². The first-order valence-electron chi connectivity index (χ1n) is 6.02. The summed E-state index contributed by atoms with van der Waals surface area (Å²) in [4.78, 5) is 10.9. The van der Waals surface area contributed by atoms with Crippen LogP contribution < -0.4 is 10.1 Å². The van der Waals surface area contributed by atoms with Gasteiger partial charge in [-0.1, -0.05) is 11.6 Å². The Labute approximate surface area is 121 Å². The Balaban J connectivity index is 2.59. The van der Waals surface area contributed by atoms with Gasteiger partial charge < -0.3 is 19.9 Å². The summed E-state index contributed by atoms with van der Waals surface area (Å²) in [5.41, 5.74) is 0.230. The topological polar surface area (TPSA) is 67.8 Å². The molecule has 0 spiro atoms. The number of carbonyl (C=O) groups excluding carboxylic acids is 1. The number of phenols is 1. The number of aromatic hydroxyl groups is 1. The van der Waals surface area contributed by atoms with Crippen LogP contribution in [0.5, 0.6) is 11.5 Å². The monoisotopic (exact) mass is 305 g/mol. The van der Waals surface area contributed by atoms with Crippen molar-refractivity contribution in [3.05, 3.63) is 22.5 Å². The van der Waals surface area contributed by atoms with Crippen LogP contribution in [0.3, 0.4) is 0 Å². The zero-order valence-electron chi connectivity index (χ0n) is 11.3.